The average molecular weight is 404 g/mol. The van der Waals surface area contributed by atoms with Crippen molar-refractivity contribution in [3.63, 3.8) is 0 Å². The van der Waals surface area contributed by atoms with Gasteiger partial charge in [-0.15, -0.1) is 10.2 Å². The van der Waals surface area contributed by atoms with Gasteiger partial charge in [-0.2, -0.15) is 0 Å². The highest BCUT2D eigenvalue weighted by molar-refractivity contribution is 9.10. The number of imidazole rings is 1. The average Bonchev–Trinajstić information content (AvgIpc) is 3.29. The van der Waals surface area contributed by atoms with E-state index in [9.17, 15) is 0 Å². The zero-order chi connectivity index (χ0) is 16.5. The molecule has 4 aromatic rings. The smallest absolute Gasteiger partial charge is 0.200 e. The minimum Gasteiger partial charge on any atom is -0.446 e. The maximum Gasteiger partial charge on any atom is 0.200 e. The summed E-state index contributed by atoms with van der Waals surface area (Å²) in [5, 5.41) is 9.44. The van der Waals surface area contributed by atoms with E-state index in [2.05, 4.69) is 38.0 Å². The first-order chi connectivity index (χ1) is 11.7. The number of rotatable bonds is 5. The highest BCUT2D eigenvalue weighted by Crippen LogP contribution is 2.28. The van der Waals surface area contributed by atoms with E-state index in [-0.39, 0.29) is 0 Å². The zero-order valence-electron chi connectivity index (χ0n) is 12.9. The highest BCUT2D eigenvalue weighted by Gasteiger charge is 2.16. The molecule has 6 nitrogen and oxygen atoms in total. The number of hydrogen-bond acceptors (Lipinski definition) is 5. The van der Waals surface area contributed by atoms with Crippen LogP contribution in [0.2, 0.25) is 0 Å². The lowest BCUT2D eigenvalue weighted by atomic mass is 10.4. The van der Waals surface area contributed by atoms with Crippen molar-refractivity contribution in [1.82, 2.24) is 24.1 Å². The zero-order valence-corrected chi connectivity index (χ0v) is 15.3. The fourth-order valence-electron chi connectivity index (χ4n) is 2.49. The molecule has 0 aliphatic rings. The van der Waals surface area contributed by atoms with Gasteiger partial charge in [0, 0.05) is 24.7 Å². The predicted molar refractivity (Wildman–Crippen MR) is 95.9 cm³/mol. The van der Waals surface area contributed by atoms with Gasteiger partial charge in [-0.25, -0.2) is 4.98 Å². The van der Waals surface area contributed by atoms with E-state index < -0.39 is 0 Å². The summed E-state index contributed by atoms with van der Waals surface area (Å²) in [6, 6.07) is 9.72. The molecule has 0 atom stereocenters. The Morgan fingerprint density at radius 2 is 2.12 bits per heavy atom. The summed E-state index contributed by atoms with van der Waals surface area (Å²) in [7, 11) is 0. The molecule has 0 fully saturated rings. The topological polar surface area (TPSA) is 61.2 Å². The summed E-state index contributed by atoms with van der Waals surface area (Å²) in [5.41, 5.74) is 1.96. The molecule has 0 radical (unpaired) electrons. The second kappa shape index (κ2) is 6.45. The molecule has 0 bridgehead atoms. The molecule has 122 valence electrons. The van der Waals surface area contributed by atoms with Crippen molar-refractivity contribution in [1.29, 1.82) is 0 Å². The van der Waals surface area contributed by atoms with Crippen molar-refractivity contribution in [2.45, 2.75) is 24.4 Å². The molecule has 4 aromatic heterocycles. The number of thioether (sulfide) groups is 1. The Morgan fingerprint density at radius 3 is 2.88 bits per heavy atom. The van der Waals surface area contributed by atoms with Gasteiger partial charge in [-0.05, 0) is 47.1 Å². The number of furan rings is 1. The summed E-state index contributed by atoms with van der Waals surface area (Å²) < 4.78 is 10.3. The quantitative estimate of drug-likeness (QED) is 0.465. The van der Waals surface area contributed by atoms with Crippen LogP contribution in [0.1, 0.15) is 12.6 Å². The van der Waals surface area contributed by atoms with E-state index in [1.54, 1.807) is 11.8 Å². The van der Waals surface area contributed by atoms with Crippen molar-refractivity contribution < 1.29 is 4.42 Å². The number of hydrogen-bond donors (Lipinski definition) is 0. The van der Waals surface area contributed by atoms with Crippen molar-refractivity contribution in [3.05, 3.63) is 53.1 Å². The molecule has 0 unspecified atom stereocenters. The molecule has 4 heterocycles. The van der Waals surface area contributed by atoms with Gasteiger partial charge in [0.1, 0.15) is 5.65 Å². The van der Waals surface area contributed by atoms with Crippen molar-refractivity contribution in [2.24, 2.45) is 0 Å². The Bertz CT molecular complexity index is 956. The molecule has 0 aromatic carbocycles. The standard InChI is InChI=1S/C16H14BrN5OS/c1-2-22-15(12-6-7-13(17)23-12)19-20-16(22)24-10-11-9-21-8-4-3-5-14(21)18-11/h3-9H,2,10H2,1H3. The number of fused-ring (bicyclic) bond motifs is 1. The van der Waals surface area contributed by atoms with Crippen LogP contribution in [0.25, 0.3) is 17.2 Å². The minimum absolute atomic E-state index is 0.682. The second-order valence-corrected chi connectivity index (χ2v) is 6.87. The Morgan fingerprint density at radius 1 is 1.21 bits per heavy atom. The Hall–Kier alpha value is -2.06. The molecular formula is C16H14BrN5OS. The van der Waals surface area contributed by atoms with Gasteiger partial charge in [-0.3, -0.25) is 4.57 Å². The molecule has 8 heteroatoms. The monoisotopic (exact) mass is 403 g/mol. The SMILES string of the molecule is CCn1c(SCc2cn3ccccc3n2)nnc1-c1ccc(Br)o1. The number of aromatic nitrogens is 5. The molecule has 0 aliphatic heterocycles. The van der Waals surface area contributed by atoms with Crippen LogP contribution >= 0.6 is 27.7 Å². The summed E-state index contributed by atoms with van der Waals surface area (Å²) in [5.74, 6) is 2.18. The van der Waals surface area contributed by atoms with E-state index in [0.717, 1.165) is 34.6 Å². The normalized spacial score (nSPS) is 11.4. The molecule has 0 N–H and O–H groups in total. The van der Waals surface area contributed by atoms with Crippen molar-refractivity contribution in [2.75, 3.05) is 0 Å². The Kier molecular flexibility index (Phi) is 4.15. The Balaban J connectivity index is 1.57. The lowest BCUT2D eigenvalue weighted by Crippen LogP contribution is -1.99. The first kappa shape index (κ1) is 15.5. The maximum absolute atomic E-state index is 5.60. The third-order valence-corrected chi connectivity index (χ3v) is 5.02. The predicted octanol–water partition coefficient (Wildman–Crippen LogP) is 4.26. The van der Waals surface area contributed by atoms with E-state index in [1.165, 1.54) is 0 Å². The number of pyridine rings is 1. The van der Waals surface area contributed by atoms with Crippen molar-refractivity contribution >= 4 is 33.3 Å². The number of nitrogens with zero attached hydrogens (tertiary/aromatic N) is 5. The fraction of sp³-hybridized carbons (Fsp3) is 0.188. The van der Waals surface area contributed by atoms with E-state index in [1.807, 2.05) is 51.7 Å². The minimum atomic E-state index is 0.682. The van der Waals surface area contributed by atoms with Crippen LogP contribution in [0.4, 0.5) is 0 Å². The molecule has 0 spiro atoms. The van der Waals surface area contributed by atoms with Crippen LogP contribution in [0.3, 0.4) is 0 Å². The molecule has 4 rings (SSSR count). The van der Waals surface area contributed by atoms with Crippen molar-refractivity contribution in [3.8, 4) is 11.6 Å². The van der Waals surface area contributed by atoms with Gasteiger partial charge in [0.2, 0.25) is 5.82 Å². The second-order valence-electron chi connectivity index (χ2n) is 5.14. The third-order valence-electron chi connectivity index (χ3n) is 3.59. The summed E-state index contributed by atoms with van der Waals surface area (Å²) >= 11 is 4.94. The summed E-state index contributed by atoms with van der Waals surface area (Å²) in [6.45, 7) is 2.84. The summed E-state index contributed by atoms with van der Waals surface area (Å²) in [6.07, 6.45) is 4.04. The molecule has 0 amide bonds. The van der Waals surface area contributed by atoms with Crippen LogP contribution in [-0.2, 0) is 12.3 Å². The number of halogens is 1. The first-order valence-corrected chi connectivity index (χ1v) is 9.27. The fourth-order valence-corrected chi connectivity index (χ4v) is 3.69. The van der Waals surface area contributed by atoms with Gasteiger partial charge in [0.25, 0.3) is 0 Å². The van der Waals surface area contributed by atoms with Gasteiger partial charge in [-0.1, -0.05) is 17.8 Å². The van der Waals surface area contributed by atoms with E-state index in [0.29, 0.717) is 10.4 Å². The lowest BCUT2D eigenvalue weighted by Gasteiger charge is -2.04. The largest absolute Gasteiger partial charge is 0.446 e. The van der Waals surface area contributed by atoms with Gasteiger partial charge >= 0.3 is 0 Å². The van der Waals surface area contributed by atoms with Crippen LogP contribution in [0, 0.1) is 0 Å². The van der Waals surface area contributed by atoms with Crippen LogP contribution in [0.5, 0.6) is 0 Å². The van der Waals surface area contributed by atoms with Crippen LogP contribution in [-0.4, -0.2) is 24.1 Å². The van der Waals surface area contributed by atoms with Gasteiger partial charge in [0.05, 0.1) is 5.69 Å². The van der Waals surface area contributed by atoms with E-state index >= 15 is 0 Å². The molecular weight excluding hydrogens is 390 g/mol. The van der Waals surface area contributed by atoms with Crippen LogP contribution < -0.4 is 0 Å². The van der Waals surface area contributed by atoms with Crippen LogP contribution in [0.15, 0.2) is 57.0 Å². The lowest BCUT2D eigenvalue weighted by molar-refractivity contribution is 0.543. The molecule has 0 saturated heterocycles. The molecule has 0 saturated carbocycles. The maximum atomic E-state index is 5.60. The van der Waals surface area contributed by atoms with Gasteiger partial charge in [0.15, 0.2) is 15.6 Å². The van der Waals surface area contributed by atoms with Gasteiger partial charge < -0.3 is 8.82 Å². The molecule has 0 aliphatic carbocycles. The first-order valence-electron chi connectivity index (χ1n) is 7.49. The Labute approximate surface area is 151 Å². The molecule has 24 heavy (non-hydrogen) atoms. The third kappa shape index (κ3) is 2.87. The van der Waals surface area contributed by atoms with E-state index in [4.69, 9.17) is 4.42 Å². The highest BCUT2D eigenvalue weighted by atomic mass is 79.9. The summed E-state index contributed by atoms with van der Waals surface area (Å²) in [4.78, 5) is 4.61.